The molecule has 0 aromatic heterocycles. The molecule has 0 spiro atoms. The highest BCUT2D eigenvalue weighted by Gasteiger charge is 2.30. The number of aliphatic imine (C=N–C) groups is 1. The summed E-state index contributed by atoms with van der Waals surface area (Å²) in [6.45, 7) is 0.143. The highest BCUT2D eigenvalue weighted by atomic mass is 32.2. The normalized spacial score (nSPS) is 20.2. The zero-order chi connectivity index (χ0) is 20.4. The molecule has 1 saturated carbocycles. The number of ether oxygens (including phenoxy) is 1. The highest BCUT2D eigenvalue weighted by Crippen LogP contribution is 2.30. The van der Waals surface area contributed by atoms with Crippen molar-refractivity contribution in [2.45, 2.75) is 43.4 Å². The van der Waals surface area contributed by atoms with E-state index >= 15 is 0 Å². The van der Waals surface area contributed by atoms with Gasteiger partial charge in [-0.25, -0.2) is 13.8 Å². The van der Waals surface area contributed by atoms with Gasteiger partial charge in [-0.3, -0.25) is 0 Å². The summed E-state index contributed by atoms with van der Waals surface area (Å²) in [5.74, 6) is -1.31. The van der Waals surface area contributed by atoms with E-state index in [1.807, 2.05) is 0 Å². The quantitative estimate of drug-likeness (QED) is 0.666. The lowest BCUT2D eigenvalue weighted by molar-refractivity contribution is 0.317. The Kier molecular flexibility index (Phi) is 5.54. The van der Waals surface area contributed by atoms with Crippen LogP contribution in [-0.2, 0) is 14.9 Å². The molecular formula is C21H21F2NO4S. The second-order valence-corrected chi connectivity index (χ2v) is 9.08. The molecule has 0 amide bonds. The van der Waals surface area contributed by atoms with Crippen molar-refractivity contribution >= 4 is 16.0 Å². The SMILES string of the molecule is O=S(=O)(Oc1ccc(C2COC(c3c(F)cccc3F)=N2)cc1)C1CCCCC1. The molecular weight excluding hydrogens is 400 g/mol. The van der Waals surface area contributed by atoms with Gasteiger partial charge in [0.2, 0.25) is 5.90 Å². The van der Waals surface area contributed by atoms with Crippen LogP contribution in [0.3, 0.4) is 0 Å². The summed E-state index contributed by atoms with van der Waals surface area (Å²) in [6.07, 6.45) is 4.12. The van der Waals surface area contributed by atoms with Gasteiger partial charge in [0.05, 0.1) is 5.25 Å². The third-order valence-corrected chi connectivity index (χ3v) is 6.98. The topological polar surface area (TPSA) is 65.0 Å². The molecule has 1 heterocycles. The molecule has 0 radical (unpaired) electrons. The van der Waals surface area contributed by atoms with Crippen LogP contribution in [0, 0.1) is 11.6 Å². The van der Waals surface area contributed by atoms with Crippen LogP contribution in [0.15, 0.2) is 47.5 Å². The Bertz CT molecular complexity index is 995. The summed E-state index contributed by atoms with van der Waals surface area (Å²) < 4.78 is 63.4. The molecule has 1 aliphatic carbocycles. The van der Waals surface area contributed by atoms with Crippen molar-refractivity contribution in [1.29, 1.82) is 0 Å². The smallest absolute Gasteiger partial charge is 0.312 e. The zero-order valence-electron chi connectivity index (χ0n) is 15.7. The number of rotatable bonds is 5. The third kappa shape index (κ3) is 4.27. The minimum atomic E-state index is -3.66. The van der Waals surface area contributed by atoms with Crippen molar-refractivity contribution in [3.63, 3.8) is 0 Å². The second-order valence-electron chi connectivity index (χ2n) is 7.26. The predicted molar refractivity (Wildman–Crippen MR) is 104 cm³/mol. The zero-order valence-corrected chi connectivity index (χ0v) is 16.5. The average Bonchev–Trinajstić information content (AvgIpc) is 3.18. The van der Waals surface area contributed by atoms with Crippen molar-refractivity contribution in [1.82, 2.24) is 0 Å². The Morgan fingerprint density at radius 3 is 2.28 bits per heavy atom. The Morgan fingerprint density at radius 1 is 0.966 bits per heavy atom. The van der Waals surface area contributed by atoms with Gasteiger partial charge >= 0.3 is 10.1 Å². The molecule has 5 nitrogen and oxygen atoms in total. The maximum Gasteiger partial charge on any atom is 0.312 e. The number of hydrogen-bond donors (Lipinski definition) is 0. The van der Waals surface area contributed by atoms with E-state index in [-0.39, 0.29) is 23.8 Å². The van der Waals surface area contributed by atoms with Crippen molar-refractivity contribution in [3.05, 3.63) is 65.2 Å². The molecule has 1 atom stereocenters. The van der Waals surface area contributed by atoms with Crippen LogP contribution >= 0.6 is 0 Å². The number of hydrogen-bond acceptors (Lipinski definition) is 5. The first-order chi connectivity index (χ1) is 13.9. The minimum absolute atomic E-state index is 0.0780. The van der Waals surface area contributed by atoms with Gasteiger partial charge in [0.25, 0.3) is 0 Å². The van der Waals surface area contributed by atoms with Gasteiger partial charge in [-0.15, -0.1) is 0 Å². The van der Waals surface area contributed by atoms with E-state index in [9.17, 15) is 17.2 Å². The van der Waals surface area contributed by atoms with Gasteiger partial charge in [-0.2, -0.15) is 8.42 Å². The van der Waals surface area contributed by atoms with Crippen LogP contribution in [0.5, 0.6) is 5.75 Å². The van der Waals surface area contributed by atoms with Crippen LogP contribution < -0.4 is 4.18 Å². The summed E-state index contributed by atoms with van der Waals surface area (Å²) in [5, 5.41) is -0.456. The summed E-state index contributed by atoms with van der Waals surface area (Å²) >= 11 is 0. The lowest BCUT2D eigenvalue weighted by Crippen LogP contribution is -2.28. The largest absolute Gasteiger partial charge is 0.475 e. The van der Waals surface area contributed by atoms with Gasteiger partial charge < -0.3 is 8.92 Å². The van der Waals surface area contributed by atoms with Crippen molar-refractivity contribution < 1.29 is 26.1 Å². The Hall–Kier alpha value is -2.48. The molecule has 8 heteroatoms. The van der Waals surface area contributed by atoms with Crippen LogP contribution in [0.4, 0.5) is 8.78 Å². The Morgan fingerprint density at radius 2 is 1.62 bits per heavy atom. The van der Waals surface area contributed by atoms with Crippen molar-refractivity contribution in [3.8, 4) is 5.75 Å². The predicted octanol–water partition coefficient (Wildman–Crippen LogP) is 4.52. The molecule has 1 aliphatic heterocycles. The van der Waals surface area contributed by atoms with Gasteiger partial charge in [0.1, 0.15) is 35.6 Å². The molecule has 1 fully saturated rings. The lowest BCUT2D eigenvalue weighted by Gasteiger charge is -2.21. The van der Waals surface area contributed by atoms with Gasteiger partial charge in [-0.1, -0.05) is 37.5 Å². The van der Waals surface area contributed by atoms with E-state index in [0.717, 1.165) is 37.0 Å². The fourth-order valence-electron chi connectivity index (χ4n) is 3.69. The van der Waals surface area contributed by atoms with E-state index in [4.69, 9.17) is 8.92 Å². The molecule has 2 aromatic carbocycles. The van der Waals surface area contributed by atoms with E-state index in [0.29, 0.717) is 12.8 Å². The summed E-state index contributed by atoms with van der Waals surface area (Å²) in [7, 11) is -3.66. The molecule has 29 heavy (non-hydrogen) atoms. The minimum Gasteiger partial charge on any atom is -0.475 e. The standard InChI is InChI=1S/C21H21F2NO4S/c22-17-7-4-8-18(23)20(17)21-24-19(13-27-21)14-9-11-15(12-10-14)28-29(25,26)16-5-2-1-3-6-16/h4,7-12,16,19H,1-3,5-6,13H2. The Labute approximate surface area is 168 Å². The van der Waals surface area contributed by atoms with E-state index in [1.54, 1.807) is 24.3 Å². The lowest BCUT2D eigenvalue weighted by atomic mass is 10.0. The summed E-state index contributed by atoms with van der Waals surface area (Å²) in [6, 6.07) is 9.63. The molecule has 0 N–H and O–H groups in total. The van der Waals surface area contributed by atoms with E-state index in [1.165, 1.54) is 6.07 Å². The maximum absolute atomic E-state index is 13.9. The first-order valence-corrected chi connectivity index (χ1v) is 11.1. The van der Waals surface area contributed by atoms with Gasteiger partial charge in [-0.05, 0) is 42.7 Å². The highest BCUT2D eigenvalue weighted by molar-refractivity contribution is 7.87. The first kappa shape index (κ1) is 19.8. The molecule has 0 bridgehead atoms. The first-order valence-electron chi connectivity index (χ1n) is 9.62. The molecule has 2 aliphatic rings. The fraction of sp³-hybridized carbons (Fsp3) is 0.381. The fourth-order valence-corrected chi connectivity index (χ4v) is 5.11. The molecule has 0 saturated heterocycles. The number of benzene rings is 2. The monoisotopic (exact) mass is 421 g/mol. The second kappa shape index (κ2) is 8.10. The van der Waals surface area contributed by atoms with Crippen molar-refractivity contribution in [2.24, 2.45) is 4.99 Å². The number of nitrogens with zero attached hydrogens (tertiary/aromatic N) is 1. The third-order valence-electron chi connectivity index (χ3n) is 5.27. The summed E-state index contributed by atoms with van der Waals surface area (Å²) in [5.41, 5.74) is 0.452. The average molecular weight is 421 g/mol. The van der Waals surface area contributed by atoms with E-state index in [2.05, 4.69) is 4.99 Å². The maximum atomic E-state index is 13.9. The van der Waals surface area contributed by atoms with Crippen molar-refractivity contribution in [2.75, 3.05) is 6.61 Å². The molecule has 1 unspecified atom stereocenters. The van der Waals surface area contributed by atoms with Crippen LogP contribution in [0.1, 0.15) is 49.3 Å². The van der Waals surface area contributed by atoms with Crippen LogP contribution in [-0.4, -0.2) is 26.2 Å². The molecule has 2 aromatic rings. The van der Waals surface area contributed by atoms with Gasteiger partial charge in [0, 0.05) is 0 Å². The number of halogens is 2. The molecule has 154 valence electrons. The van der Waals surface area contributed by atoms with Crippen LogP contribution in [0.25, 0.3) is 0 Å². The summed E-state index contributed by atoms with van der Waals surface area (Å²) in [4.78, 5) is 4.28. The molecule has 4 rings (SSSR count). The van der Waals surface area contributed by atoms with E-state index < -0.39 is 33.0 Å². The van der Waals surface area contributed by atoms with Gasteiger partial charge in [0.15, 0.2) is 0 Å². The van der Waals surface area contributed by atoms with Crippen LogP contribution in [0.2, 0.25) is 0 Å². The Balaban J connectivity index is 1.48.